The summed E-state index contributed by atoms with van der Waals surface area (Å²) in [4.78, 5) is 17.3. The number of alkyl halides is 3. The Labute approximate surface area is 213 Å². The van der Waals surface area contributed by atoms with Gasteiger partial charge in [0.1, 0.15) is 28.8 Å². The van der Waals surface area contributed by atoms with Crippen molar-refractivity contribution in [3.8, 4) is 0 Å². The van der Waals surface area contributed by atoms with Gasteiger partial charge in [-0.25, -0.2) is 4.39 Å². The Morgan fingerprint density at radius 2 is 1.97 bits per heavy atom. The number of fused-ring (bicyclic) bond motifs is 2. The van der Waals surface area contributed by atoms with Crippen LogP contribution in [0, 0.1) is 17.7 Å². The predicted molar refractivity (Wildman–Crippen MR) is 122 cm³/mol. The van der Waals surface area contributed by atoms with Gasteiger partial charge in [0.05, 0.1) is 23.7 Å². The number of nitrogens with zero attached hydrogens (tertiary/aromatic N) is 1. The highest BCUT2D eigenvalue weighted by molar-refractivity contribution is 6.34. The smallest absolute Gasteiger partial charge is 0.396 e. The van der Waals surface area contributed by atoms with Gasteiger partial charge >= 0.3 is 6.18 Å². The van der Waals surface area contributed by atoms with E-state index < -0.39 is 64.5 Å². The van der Waals surface area contributed by atoms with Gasteiger partial charge < -0.3 is 20.0 Å². The molecule has 2 N–H and O–H groups in total. The number of ether oxygens (including phenoxy) is 1. The Bertz CT molecular complexity index is 1270. The summed E-state index contributed by atoms with van der Waals surface area (Å²) in [5.74, 6) is -4.60. The Morgan fingerprint density at radius 3 is 2.56 bits per heavy atom. The molecular weight excluding hydrogens is 527 g/mol. The second-order valence-electron chi connectivity index (χ2n) is 9.15. The predicted octanol–water partition coefficient (Wildman–Crippen LogP) is 4.85. The SMILES string of the molecule is CC(=O)C(CO)C1OC2(CNC2)c2ccc(C3=NOC(c4cc(Cl)cc(Cl)c4F)C3C(F)(F)F)cc21. The molecule has 3 aliphatic heterocycles. The van der Waals surface area contributed by atoms with Gasteiger partial charge in [-0.2, -0.15) is 13.2 Å². The lowest BCUT2D eigenvalue weighted by Gasteiger charge is -2.40. The zero-order chi connectivity index (χ0) is 26.0. The van der Waals surface area contributed by atoms with Crippen LogP contribution >= 0.6 is 23.2 Å². The van der Waals surface area contributed by atoms with Crippen LogP contribution in [0.5, 0.6) is 0 Å². The second-order valence-corrected chi connectivity index (χ2v) is 9.99. The Morgan fingerprint density at radius 1 is 1.25 bits per heavy atom. The molecule has 192 valence electrons. The summed E-state index contributed by atoms with van der Waals surface area (Å²) in [7, 11) is 0. The zero-order valence-corrected chi connectivity index (χ0v) is 20.2. The van der Waals surface area contributed by atoms with Crippen LogP contribution in [0.1, 0.15) is 41.4 Å². The molecule has 12 heteroatoms. The number of ketones is 1. The van der Waals surface area contributed by atoms with Crippen LogP contribution in [0.2, 0.25) is 10.0 Å². The van der Waals surface area contributed by atoms with Crippen LogP contribution < -0.4 is 5.32 Å². The van der Waals surface area contributed by atoms with Gasteiger partial charge in [-0.3, -0.25) is 4.79 Å². The van der Waals surface area contributed by atoms with Gasteiger partial charge in [0.15, 0.2) is 6.10 Å². The molecule has 1 spiro atoms. The van der Waals surface area contributed by atoms with E-state index in [9.17, 15) is 27.5 Å². The summed E-state index contributed by atoms with van der Waals surface area (Å²) >= 11 is 11.7. The first-order chi connectivity index (χ1) is 17.0. The number of halogens is 6. The molecule has 1 saturated heterocycles. The molecule has 0 saturated carbocycles. The summed E-state index contributed by atoms with van der Waals surface area (Å²) in [6.45, 7) is 1.75. The molecule has 0 aliphatic carbocycles. The largest absolute Gasteiger partial charge is 0.401 e. The number of Topliss-reactive ketones (excluding diaryl/α,β-unsaturated/α-hetero) is 1. The Kier molecular flexibility index (Phi) is 6.32. The van der Waals surface area contributed by atoms with Crippen LogP contribution in [0.3, 0.4) is 0 Å². The fraction of sp³-hybridized carbons (Fsp3) is 0.417. The number of aliphatic hydroxyl groups is 1. The maximum absolute atomic E-state index is 14.7. The number of carbonyl (C=O) groups excluding carboxylic acids is 1. The van der Waals surface area contributed by atoms with Gasteiger partial charge in [-0.05, 0) is 36.2 Å². The van der Waals surface area contributed by atoms with E-state index in [2.05, 4.69) is 10.5 Å². The minimum Gasteiger partial charge on any atom is -0.396 e. The Hall–Kier alpha value is -2.24. The van der Waals surface area contributed by atoms with E-state index in [1.54, 1.807) is 6.07 Å². The zero-order valence-electron chi connectivity index (χ0n) is 18.7. The monoisotopic (exact) mass is 546 g/mol. The van der Waals surface area contributed by atoms with Crippen molar-refractivity contribution in [3.05, 3.63) is 68.4 Å². The van der Waals surface area contributed by atoms with Crippen molar-refractivity contribution in [2.75, 3.05) is 19.7 Å². The van der Waals surface area contributed by atoms with Crippen molar-refractivity contribution in [3.63, 3.8) is 0 Å². The minimum atomic E-state index is -4.86. The maximum Gasteiger partial charge on any atom is 0.401 e. The first kappa shape index (κ1) is 25.4. The Balaban J connectivity index is 1.58. The molecule has 3 heterocycles. The van der Waals surface area contributed by atoms with Crippen LogP contribution in [0.4, 0.5) is 17.6 Å². The van der Waals surface area contributed by atoms with Crippen LogP contribution in [-0.2, 0) is 20.0 Å². The first-order valence-corrected chi connectivity index (χ1v) is 11.8. The van der Waals surface area contributed by atoms with E-state index in [4.69, 9.17) is 32.8 Å². The molecule has 0 bridgehead atoms. The lowest BCUT2D eigenvalue weighted by atomic mass is 9.82. The number of oxime groups is 1. The van der Waals surface area contributed by atoms with Gasteiger partial charge in [0.2, 0.25) is 0 Å². The third-order valence-electron chi connectivity index (χ3n) is 6.94. The molecule has 4 atom stereocenters. The molecule has 0 radical (unpaired) electrons. The average molecular weight is 547 g/mol. The molecule has 5 rings (SSSR count). The highest BCUT2D eigenvalue weighted by atomic mass is 35.5. The van der Waals surface area contributed by atoms with E-state index in [1.807, 2.05) is 0 Å². The van der Waals surface area contributed by atoms with Crippen molar-refractivity contribution < 1.29 is 37.0 Å². The topological polar surface area (TPSA) is 80.2 Å². The average Bonchev–Trinajstić information content (AvgIpc) is 3.36. The highest BCUT2D eigenvalue weighted by Crippen LogP contribution is 2.51. The van der Waals surface area contributed by atoms with E-state index in [1.165, 1.54) is 19.1 Å². The third-order valence-corrected chi connectivity index (χ3v) is 7.44. The van der Waals surface area contributed by atoms with Crippen molar-refractivity contribution in [1.29, 1.82) is 0 Å². The molecular formula is C24H20Cl2F4N2O4. The molecule has 36 heavy (non-hydrogen) atoms. The van der Waals surface area contributed by atoms with Crippen LogP contribution in [-0.4, -0.2) is 42.5 Å². The van der Waals surface area contributed by atoms with Crippen LogP contribution in [0.25, 0.3) is 0 Å². The lowest BCUT2D eigenvalue weighted by Crippen LogP contribution is -2.57. The minimum absolute atomic E-state index is 0.0504. The van der Waals surface area contributed by atoms with E-state index in [-0.39, 0.29) is 16.4 Å². The summed E-state index contributed by atoms with van der Waals surface area (Å²) in [5, 5.41) is 16.2. The molecule has 2 aromatic rings. The number of rotatable bonds is 5. The van der Waals surface area contributed by atoms with E-state index >= 15 is 0 Å². The lowest BCUT2D eigenvalue weighted by molar-refractivity contribution is -0.178. The van der Waals surface area contributed by atoms with Crippen molar-refractivity contribution in [2.24, 2.45) is 17.0 Å². The molecule has 4 unspecified atom stereocenters. The van der Waals surface area contributed by atoms with Gasteiger partial charge in [-0.15, -0.1) is 0 Å². The molecule has 0 amide bonds. The normalized spacial score (nSPS) is 25.2. The van der Waals surface area contributed by atoms with Gasteiger partial charge in [0.25, 0.3) is 0 Å². The number of aliphatic hydroxyl groups excluding tert-OH is 1. The van der Waals surface area contributed by atoms with E-state index in [0.717, 1.165) is 17.7 Å². The summed E-state index contributed by atoms with van der Waals surface area (Å²) < 4.78 is 63.9. The molecule has 2 aromatic carbocycles. The number of hydrogen-bond acceptors (Lipinski definition) is 6. The van der Waals surface area contributed by atoms with Gasteiger partial charge in [-0.1, -0.05) is 40.5 Å². The number of hydrogen-bond donors (Lipinski definition) is 2. The van der Waals surface area contributed by atoms with Gasteiger partial charge in [0, 0.05) is 29.2 Å². The summed E-state index contributed by atoms with van der Waals surface area (Å²) in [5.41, 5.74) is -0.366. The first-order valence-electron chi connectivity index (χ1n) is 11.1. The fourth-order valence-corrected chi connectivity index (χ4v) is 5.57. The third kappa shape index (κ3) is 3.99. The molecule has 6 nitrogen and oxygen atoms in total. The number of benzene rings is 2. The van der Waals surface area contributed by atoms with Crippen molar-refractivity contribution >= 4 is 34.7 Å². The van der Waals surface area contributed by atoms with Crippen molar-refractivity contribution in [1.82, 2.24) is 5.32 Å². The summed E-state index contributed by atoms with van der Waals surface area (Å²) in [6, 6.07) is 6.70. The number of carbonyl (C=O) groups is 1. The highest BCUT2D eigenvalue weighted by Gasteiger charge is 2.56. The fourth-order valence-electron chi connectivity index (χ4n) is 5.06. The molecule has 0 aromatic heterocycles. The number of nitrogens with one attached hydrogen (secondary N) is 1. The van der Waals surface area contributed by atoms with Crippen LogP contribution in [0.15, 0.2) is 35.5 Å². The summed E-state index contributed by atoms with van der Waals surface area (Å²) in [6.07, 6.45) is -7.56. The second kappa shape index (κ2) is 8.95. The standard InChI is InChI=1S/C24H20Cl2F4N2O4/c1-10(34)15(7-33)21-13-4-11(2-3-16(13)23(35-21)8-31-9-23)20-18(24(28,29)30)22(36-32-20)14-5-12(25)6-17(26)19(14)27/h2-6,15,18,21-22,31,33H,7-9H2,1H3. The molecule has 3 aliphatic rings. The van der Waals surface area contributed by atoms with E-state index in [0.29, 0.717) is 18.7 Å². The van der Waals surface area contributed by atoms with Crippen molar-refractivity contribution in [2.45, 2.75) is 30.9 Å². The molecule has 1 fully saturated rings. The maximum atomic E-state index is 14.7. The quantitative estimate of drug-likeness (QED) is 0.413.